The number of hydrogen-bond donors (Lipinski definition) is 4. The van der Waals surface area contributed by atoms with Crippen molar-refractivity contribution in [2.75, 3.05) is 0 Å². The van der Waals surface area contributed by atoms with Crippen molar-refractivity contribution in [3.63, 3.8) is 0 Å². The van der Waals surface area contributed by atoms with Crippen LogP contribution in [0.1, 0.15) is 56.2 Å². The molecule has 0 amide bonds. The van der Waals surface area contributed by atoms with Crippen molar-refractivity contribution in [2.24, 2.45) is 0 Å². The minimum absolute atomic E-state index is 0.0233. The van der Waals surface area contributed by atoms with E-state index in [4.69, 9.17) is 0 Å². The van der Waals surface area contributed by atoms with Crippen LogP contribution in [0.4, 0.5) is 0 Å². The number of aryl methyl sites for hydroxylation is 1. The molecule has 0 heterocycles. The van der Waals surface area contributed by atoms with Gasteiger partial charge in [-0.05, 0) is 53.8 Å². The lowest BCUT2D eigenvalue weighted by atomic mass is 9.77. The number of benzene rings is 3. The van der Waals surface area contributed by atoms with Crippen LogP contribution < -0.4 is 0 Å². The van der Waals surface area contributed by atoms with Crippen LogP contribution in [-0.2, 0) is 6.42 Å². The summed E-state index contributed by atoms with van der Waals surface area (Å²) in [5.41, 5.74) is 1.78. The SMILES string of the molecule is CC1c2ccccc2C=C(O)C1(C)O.CCCCc1c(O)c(O)cc2ccccc12. The molecule has 3 aromatic rings. The third-order valence-corrected chi connectivity index (χ3v) is 6.00. The van der Waals surface area contributed by atoms with Crippen molar-refractivity contribution in [1.29, 1.82) is 0 Å². The minimum Gasteiger partial charge on any atom is -0.509 e. The second-order valence-electron chi connectivity index (χ2n) is 8.08. The molecule has 0 fully saturated rings. The molecule has 30 heavy (non-hydrogen) atoms. The van der Waals surface area contributed by atoms with E-state index in [2.05, 4.69) is 6.92 Å². The Morgan fingerprint density at radius 3 is 2.37 bits per heavy atom. The lowest BCUT2D eigenvalue weighted by molar-refractivity contribution is 0.0315. The number of aliphatic hydroxyl groups excluding tert-OH is 1. The maximum atomic E-state index is 10.0. The Kier molecular flexibility index (Phi) is 6.37. The Balaban J connectivity index is 0.000000172. The molecule has 158 valence electrons. The second-order valence-corrected chi connectivity index (χ2v) is 8.08. The molecule has 0 radical (unpaired) electrons. The average Bonchev–Trinajstić information content (AvgIpc) is 2.73. The first-order valence-corrected chi connectivity index (χ1v) is 10.4. The number of aromatic hydroxyl groups is 2. The molecule has 0 aliphatic heterocycles. The van der Waals surface area contributed by atoms with Gasteiger partial charge in [0, 0.05) is 11.5 Å². The summed E-state index contributed by atoms with van der Waals surface area (Å²) < 4.78 is 0. The van der Waals surface area contributed by atoms with Gasteiger partial charge in [0.2, 0.25) is 0 Å². The molecular formula is C26H30O4. The van der Waals surface area contributed by atoms with Crippen LogP contribution in [0.15, 0.2) is 60.4 Å². The number of fused-ring (bicyclic) bond motifs is 2. The molecule has 1 aliphatic carbocycles. The fraction of sp³-hybridized carbons (Fsp3) is 0.308. The molecule has 4 heteroatoms. The summed E-state index contributed by atoms with van der Waals surface area (Å²) in [5, 5.41) is 41.2. The predicted octanol–water partition coefficient (Wildman–Crippen LogP) is 6.05. The van der Waals surface area contributed by atoms with Crippen LogP contribution in [0.2, 0.25) is 0 Å². The molecule has 4 rings (SSSR count). The molecule has 2 unspecified atom stereocenters. The molecular weight excluding hydrogens is 376 g/mol. The highest BCUT2D eigenvalue weighted by atomic mass is 16.3. The first kappa shape index (κ1) is 21.7. The molecule has 0 saturated heterocycles. The summed E-state index contributed by atoms with van der Waals surface area (Å²) in [6.07, 6.45) is 4.52. The van der Waals surface area contributed by atoms with E-state index in [1.807, 2.05) is 55.5 Å². The minimum atomic E-state index is -1.14. The van der Waals surface area contributed by atoms with Crippen molar-refractivity contribution in [3.8, 4) is 11.5 Å². The van der Waals surface area contributed by atoms with Crippen molar-refractivity contribution >= 4 is 16.8 Å². The van der Waals surface area contributed by atoms with Gasteiger partial charge in [-0.1, -0.05) is 68.8 Å². The predicted molar refractivity (Wildman–Crippen MR) is 122 cm³/mol. The number of hydrogen-bond acceptors (Lipinski definition) is 4. The van der Waals surface area contributed by atoms with Gasteiger partial charge in [0.15, 0.2) is 11.5 Å². The van der Waals surface area contributed by atoms with Crippen molar-refractivity contribution in [1.82, 2.24) is 0 Å². The van der Waals surface area contributed by atoms with E-state index in [0.29, 0.717) is 0 Å². The molecule has 0 spiro atoms. The van der Waals surface area contributed by atoms with Gasteiger partial charge in [0.25, 0.3) is 0 Å². The van der Waals surface area contributed by atoms with E-state index in [1.165, 1.54) is 0 Å². The van der Waals surface area contributed by atoms with Crippen LogP contribution >= 0.6 is 0 Å². The Bertz CT molecular complexity index is 1070. The standard InChI is InChI=1S/C14H16O2.C12H14O2/c1-2-3-7-12-11-8-5-4-6-10(11)9-13(15)14(12)16;1-8-10-6-4-3-5-9(10)7-11(13)12(8,2)14/h4-6,8-9,15-16H,2-3,7H2,1H3;3-8,13-14H,1-2H3. The highest BCUT2D eigenvalue weighted by Crippen LogP contribution is 2.39. The van der Waals surface area contributed by atoms with E-state index >= 15 is 0 Å². The van der Waals surface area contributed by atoms with Crippen LogP contribution in [0.5, 0.6) is 11.5 Å². The molecule has 3 aromatic carbocycles. The summed E-state index contributed by atoms with van der Waals surface area (Å²) in [6.45, 7) is 5.67. The third kappa shape index (κ3) is 4.14. The number of aliphatic hydroxyl groups is 2. The molecule has 2 atom stereocenters. The van der Waals surface area contributed by atoms with Crippen LogP contribution in [0, 0.1) is 0 Å². The zero-order valence-electron chi connectivity index (χ0n) is 17.8. The van der Waals surface area contributed by atoms with Gasteiger partial charge in [-0.25, -0.2) is 0 Å². The fourth-order valence-corrected chi connectivity index (χ4v) is 3.86. The number of phenolic OH excluding ortho intramolecular Hbond substituents is 2. The molecule has 0 bridgehead atoms. The summed E-state index contributed by atoms with van der Waals surface area (Å²) in [7, 11) is 0. The Morgan fingerprint density at radius 2 is 1.63 bits per heavy atom. The van der Waals surface area contributed by atoms with Gasteiger partial charge < -0.3 is 20.4 Å². The lowest BCUT2D eigenvalue weighted by Gasteiger charge is -2.34. The van der Waals surface area contributed by atoms with E-state index < -0.39 is 5.60 Å². The third-order valence-electron chi connectivity index (χ3n) is 6.00. The summed E-state index contributed by atoms with van der Waals surface area (Å²) in [5.74, 6) is -0.0237. The zero-order chi connectivity index (χ0) is 21.9. The van der Waals surface area contributed by atoms with Gasteiger partial charge >= 0.3 is 0 Å². The van der Waals surface area contributed by atoms with Gasteiger partial charge in [0.1, 0.15) is 11.4 Å². The summed E-state index contributed by atoms with van der Waals surface area (Å²) in [6, 6.07) is 17.2. The number of rotatable bonds is 3. The van der Waals surface area contributed by atoms with Crippen LogP contribution in [0.3, 0.4) is 0 Å². The van der Waals surface area contributed by atoms with Crippen molar-refractivity contribution in [2.45, 2.75) is 51.6 Å². The lowest BCUT2D eigenvalue weighted by Crippen LogP contribution is -2.36. The highest BCUT2D eigenvalue weighted by molar-refractivity contribution is 5.89. The fourth-order valence-electron chi connectivity index (χ4n) is 3.86. The maximum Gasteiger partial charge on any atom is 0.161 e. The Morgan fingerprint density at radius 1 is 0.967 bits per heavy atom. The quantitative estimate of drug-likeness (QED) is 0.399. The Labute approximate surface area is 177 Å². The van der Waals surface area contributed by atoms with Gasteiger partial charge in [0.05, 0.1) is 0 Å². The van der Waals surface area contributed by atoms with Crippen LogP contribution in [0.25, 0.3) is 16.8 Å². The van der Waals surface area contributed by atoms with Crippen molar-refractivity contribution < 1.29 is 20.4 Å². The van der Waals surface area contributed by atoms with Gasteiger partial charge in [-0.3, -0.25) is 0 Å². The first-order valence-electron chi connectivity index (χ1n) is 10.4. The van der Waals surface area contributed by atoms with E-state index in [-0.39, 0.29) is 23.2 Å². The van der Waals surface area contributed by atoms with Crippen molar-refractivity contribution in [3.05, 3.63) is 77.0 Å². The molecule has 0 aromatic heterocycles. The van der Waals surface area contributed by atoms with E-state index in [9.17, 15) is 20.4 Å². The van der Waals surface area contributed by atoms with E-state index in [0.717, 1.165) is 46.7 Å². The average molecular weight is 407 g/mol. The Hall–Kier alpha value is -2.98. The number of unbranched alkanes of at least 4 members (excludes halogenated alkanes) is 1. The second kappa shape index (κ2) is 8.80. The van der Waals surface area contributed by atoms with E-state index in [1.54, 1.807) is 19.1 Å². The van der Waals surface area contributed by atoms with Gasteiger partial charge in [-0.15, -0.1) is 0 Å². The summed E-state index contributed by atoms with van der Waals surface area (Å²) in [4.78, 5) is 0. The highest BCUT2D eigenvalue weighted by Gasteiger charge is 2.37. The zero-order valence-corrected chi connectivity index (χ0v) is 17.8. The molecule has 4 nitrogen and oxygen atoms in total. The molecule has 0 saturated carbocycles. The largest absolute Gasteiger partial charge is 0.509 e. The maximum absolute atomic E-state index is 10.0. The van der Waals surface area contributed by atoms with Gasteiger partial charge in [-0.2, -0.15) is 0 Å². The smallest absolute Gasteiger partial charge is 0.161 e. The summed E-state index contributed by atoms with van der Waals surface area (Å²) >= 11 is 0. The number of phenols is 2. The molecule has 4 N–H and O–H groups in total. The topological polar surface area (TPSA) is 80.9 Å². The normalized spacial score (nSPS) is 20.1. The molecule has 1 aliphatic rings. The monoisotopic (exact) mass is 406 g/mol. The van der Waals surface area contributed by atoms with Crippen LogP contribution in [-0.4, -0.2) is 26.0 Å². The first-order chi connectivity index (χ1) is 14.3.